The first kappa shape index (κ1) is 13.2. The Morgan fingerprint density at radius 3 is 2.61 bits per heavy atom. The lowest BCUT2D eigenvalue weighted by Crippen LogP contribution is -2.06. The van der Waals surface area contributed by atoms with Gasteiger partial charge in [-0.15, -0.1) is 11.8 Å². The molecule has 96 valence electrons. The van der Waals surface area contributed by atoms with Gasteiger partial charge in [-0.05, 0) is 23.4 Å². The molecule has 0 saturated heterocycles. The van der Waals surface area contributed by atoms with Gasteiger partial charge in [-0.3, -0.25) is 0 Å². The predicted octanol–water partition coefficient (Wildman–Crippen LogP) is 2.81. The Labute approximate surface area is 112 Å². The van der Waals surface area contributed by atoms with Crippen molar-refractivity contribution >= 4 is 11.8 Å². The van der Waals surface area contributed by atoms with E-state index in [1.165, 1.54) is 4.90 Å². The second kappa shape index (κ2) is 6.07. The maximum absolute atomic E-state index is 10.2. The van der Waals surface area contributed by atoms with Crippen molar-refractivity contribution in [3.63, 3.8) is 0 Å². The summed E-state index contributed by atoms with van der Waals surface area (Å²) >= 11 is 1.81. The fourth-order valence-electron chi connectivity index (χ4n) is 1.84. The van der Waals surface area contributed by atoms with Gasteiger partial charge in [0.1, 0.15) is 5.82 Å². The number of benzene rings is 1. The van der Waals surface area contributed by atoms with E-state index in [1.807, 2.05) is 29.9 Å². The lowest BCUT2D eigenvalue weighted by molar-refractivity contribution is 0.175. The van der Waals surface area contributed by atoms with Crippen LogP contribution >= 0.6 is 11.8 Å². The van der Waals surface area contributed by atoms with Crippen LogP contribution in [0, 0.1) is 0 Å². The zero-order chi connectivity index (χ0) is 13.0. The topological polar surface area (TPSA) is 38.1 Å². The minimum atomic E-state index is -0.494. The van der Waals surface area contributed by atoms with Crippen molar-refractivity contribution in [1.82, 2.24) is 9.55 Å². The van der Waals surface area contributed by atoms with Gasteiger partial charge < -0.3 is 9.67 Å². The summed E-state index contributed by atoms with van der Waals surface area (Å²) in [6, 6.07) is 8.10. The Morgan fingerprint density at radius 2 is 2.06 bits per heavy atom. The van der Waals surface area contributed by atoms with E-state index < -0.39 is 6.10 Å². The number of hydrogen-bond donors (Lipinski definition) is 1. The highest BCUT2D eigenvalue weighted by Gasteiger charge is 2.11. The summed E-state index contributed by atoms with van der Waals surface area (Å²) in [6.45, 7) is 2.13. The largest absolute Gasteiger partial charge is 0.388 e. The smallest absolute Gasteiger partial charge is 0.111 e. The second-order valence-corrected chi connectivity index (χ2v) is 5.51. The van der Waals surface area contributed by atoms with Gasteiger partial charge in [0.25, 0.3) is 0 Å². The first-order chi connectivity index (χ1) is 8.70. The lowest BCUT2D eigenvalue weighted by atomic mass is 10.1. The molecule has 1 aromatic heterocycles. The average Bonchev–Trinajstić information content (AvgIpc) is 2.76. The summed E-state index contributed by atoms with van der Waals surface area (Å²) in [6.07, 6.45) is 3.70. The number of aryl methyl sites for hydroxylation is 1. The Morgan fingerprint density at radius 1 is 1.33 bits per heavy atom. The van der Waals surface area contributed by atoms with Crippen LogP contribution in [0.4, 0.5) is 0 Å². The van der Waals surface area contributed by atoms with Crippen molar-refractivity contribution in [1.29, 1.82) is 0 Å². The van der Waals surface area contributed by atoms with Gasteiger partial charge >= 0.3 is 0 Å². The maximum Gasteiger partial charge on any atom is 0.111 e. The van der Waals surface area contributed by atoms with E-state index in [1.54, 1.807) is 18.0 Å². The zero-order valence-electron chi connectivity index (χ0n) is 10.7. The molecular weight excluding hydrogens is 244 g/mol. The number of aliphatic hydroxyl groups excluding tert-OH is 1. The van der Waals surface area contributed by atoms with Gasteiger partial charge in [-0.1, -0.05) is 19.1 Å². The third-order valence-corrected chi connectivity index (χ3v) is 3.77. The third kappa shape index (κ3) is 3.15. The van der Waals surface area contributed by atoms with E-state index in [0.717, 1.165) is 17.1 Å². The second-order valence-electron chi connectivity index (χ2n) is 4.18. The van der Waals surface area contributed by atoms with Crippen LogP contribution in [-0.2, 0) is 13.5 Å². The van der Waals surface area contributed by atoms with Crippen LogP contribution in [0.15, 0.2) is 41.6 Å². The Bertz CT molecular complexity index is 493. The van der Waals surface area contributed by atoms with Crippen LogP contribution in [0.5, 0.6) is 0 Å². The lowest BCUT2D eigenvalue weighted by Gasteiger charge is -2.11. The van der Waals surface area contributed by atoms with Crippen molar-refractivity contribution in [2.45, 2.75) is 24.3 Å². The number of nitrogens with zero attached hydrogens (tertiary/aromatic N) is 2. The van der Waals surface area contributed by atoms with Gasteiger partial charge in [-0.25, -0.2) is 4.98 Å². The SMILES string of the molecule is CCSc1ccc(C(O)Cc2nccn2C)cc1. The van der Waals surface area contributed by atoms with E-state index in [0.29, 0.717) is 6.42 Å². The molecule has 0 amide bonds. The van der Waals surface area contributed by atoms with Crippen molar-refractivity contribution in [3.8, 4) is 0 Å². The summed E-state index contributed by atoms with van der Waals surface area (Å²) in [5, 5.41) is 10.2. The van der Waals surface area contributed by atoms with Crippen LogP contribution < -0.4 is 0 Å². The molecule has 0 fully saturated rings. The van der Waals surface area contributed by atoms with Crippen LogP contribution in [-0.4, -0.2) is 20.4 Å². The number of thioether (sulfide) groups is 1. The number of aromatic nitrogens is 2. The van der Waals surface area contributed by atoms with E-state index in [9.17, 15) is 5.11 Å². The first-order valence-electron chi connectivity index (χ1n) is 6.07. The van der Waals surface area contributed by atoms with Crippen LogP contribution in [0.25, 0.3) is 0 Å². The molecule has 0 saturated carbocycles. The predicted molar refractivity (Wildman–Crippen MR) is 74.7 cm³/mol. The molecule has 1 heterocycles. The third-order valence-electron chi connectivity index (χ3n) is 2.87. The molecule has 3 nitrogen and oxygen atoms in total. The highest BCUT2D eigenvalue weighted by molar-refractivity contribution is 7.99. The summed E-state index contributed by atoms with van der Waals surface area (Å²) in [5.74, 6) is 1.96. The van der Waals surface area contributed by atoms with Gasteiger partial charge in [0.15, 0.2) is 0 Å². The molecule has 0 spiro atoms. The van der Waals surface area contributed by atoms with E-state index in [2.05, 4.69) is 24.0 Å². The first-order valence-corrected chi connectivity index (χ1v) is 7.06. The van der Waals surface area contributed by atoms with Gasteiger partial charge in [0.05, 0.1) is 6.10 Å². The molecule has 0 bridgehead atoms. The molecule has 0 aliphatic carbocycles. The standard InChI is InChI=1S/C14H18N2OS/c1-3-18-12-6-4-11(5-7-12)13(17)10-14-15-8-9-16(14)2/h4-9,13,17H,3,10H2,1-2H3. The molecule has 18 heavy (non-hydrogen) atoms. The van der Waals surface area contributed by atoms with Gasteiger partial charge in [0.2, 0.25) is 0 Å². The molecule has 2 aromatic rings. The van der Waals surface area contributed by atoms with Gasteiger partial charge in [0, 0.05) is 30.8 Å². The normalized spacial score (nSPS) is 12.6. The zero-order valence-corrected chi connectivity index (χ0v) is 11.5. The highest BCUT2D eigenvalue weighted by Crippen LogP contribution is 2.22. The van der Waals surface area contributed by atoms with Gasteiger partial charge in [-0.2, -0.15) is 0 Å². The molecule has 1 atom stereocenters. The van der Waals surface area contributed by atoms with E-state index in [4.69, 9.17) is 0 Å². The fourth-order valence-corrected chi connectivity index (χ4v) is 2.50. The van der Waals surface area contributed by atoms with Crippen molar-refractivity contribution < 1.29 is 5.11 Å². The molecule has 1 aromatic carbocycles. The minimum absolute atomic E-state index is 0.494. The number of hydrogen-bond acceptors (Lipinski definition) is 3. The Hall–Kier alpha value is -1.26. The van der Waals surface area contributed by atoms with Crippen LogP contribution in [0.2, 0.25) is 0 Å². The Kier molecular flexibility index (Phi) is 4.44. The summed E-state index contributed by atoms with van der Waals surface area (Å²) in [4.78, 5) is 5.47. The molecular formula is C14H18N2OS. The number of imidazole rings is 1. The number of aliphatic hydroxyl groups is 1. The van der Waals surface area contributed by atoms with Crippen molar-refractivity contribution in [2.75, 3.05) is 5.75 Å². The average molecular weight is 262 g/mol. The fraction of sp³-hybridized carbons (Fsp3) is 0.357. The summed E-state index contributed by atoms with van der Waals surface area (Å²) in [5.41, 5.74) is 0.943. The highest BCUT2D eigenvalue weighted by atomic mass is 32.2. The number of rotatable bonds is 5. The van der Waals surface area contributed by atoms with E-state index >= 15 is 0 Å². The van der Waals surface area contributed by atoms with Crippen LogP contribution in [0.3, 0.4) is 0 Å². The van der Waals surface area contributed by atoms with Crippen LogP contribution in [0.1, 0.15) is 24.4 Å². The van der Waals surface area contributed by atoms with Crippen molar-refractivity contribution in [2.24, 2.45) is 7.05 Å². The molecule has 0 aliphatic rings. The molecule has 1 N–H and O–H groups in total. The molecule has 4 heteroatoms. The minimum Gasteiger partial charge on any atom is -0.388 e. The molecule has 2 rings (SSSR count). The quantitative estimate of drug-likeness (QED) is 0.842. The molecule has 0 radical (unpaired) electrons. The van der Waals surface area contributed by atoms with Crippen molar-refractivity contribution in [3.05, 3.63) is 48.0 Å². The molecule has 1 unspecified atom stereocenters. The maximum atomic E-state index is 10.2. The molecule has 0 aliphatic heterocycles. The monoisotopic (exact) mass is 262 g/mol. The summed E-state index contributed by atoms with van der Waals surface area (Å²) < 4.78 is 1.94. The Balaban J connectivity index is 2.04. The summed E-state index contributed by atoms with van der Waals surface area (Å²) in [7, 11) is 1.94. The van der Waals surface area contributed by atoms with E-state index in [-0.39, 0.29) is 0 Å².